The van der Waals surface area contributed by atoms with Crippen molar-refractivity contribution in [3.05, 3.63) is 59.0 Å². The van der Waals surface area contributed by atoms with Gasteiger partial charge in [0.05, 0.1) is 29.2 Å². The van der Waals surface area contributed by atoms with Crippen LogP contribution in [0, 0.1) is 5.82 Å². The highest BCUT2D eigenvalue weighted by Crippen LogP contribution is 2.38. The highest BCUT2D eigenvalue weighted by Gasteiger charge is 2.28. The zero-order chi connectivity index (χ0) is 25.0. The van der Waals surface area contributed by atoms with Gasteiger partial charge in [-0.3, -0.25) is 9.89 Å². The number of hydrogen-bond donors (Lipinski definition) is 1. The van der Waals surface area contributed by atoms with E-state index in [0.29, 0.717) is 11.3 Å². The Hall–Kier alpha value is -3.37. The highest BCUT2D eigenvalue weighted by atomic mass is 32.2. The lowest BCUT2D eigenvalue weighted by Gasteiger charge is -2.33. The fourth-order valence-corrected chi connectivity index (χ4v) is 6.34. The van der Waals surface area contributed by atoms with E-state index in [4.69, 9.17) is 4.98 Å². The number of fused-ring (bicyclic) bond motifs is 5. The summed E-state index contributed by atoms with van der Waals surface area (Å²) in [5, 5.41) is 9.33. The van der Waals surface area contributed by atoms with Crippen LogP contribution >= 0.6 is 0 Å². The molecule has 8 nitrogen and oxygen atoms in total. The summed E-state index contributed by atoms with van der Waals surface area (Å²) < 4.78 is 40.4. The number of carbonyl (C=O) groups excluding carboxylic acids is 1. The Bertz CT molecular complexity index is 1620. The Morgan fingerprint density at radius 1 is 1.03 bits per heavy atom. The molecular weight excluding hydrogens is 481 g/mol. The van der Waals surface area contributed by atoms with Crippen molar-refractivity contribution in [3.8, 4) is 11.3 Å². The van der Waals surface area contributed by atoms with Crippen LogP contribution in [0.5, 0.6) is 0 Å². The minimum absolute atomic E-state index is 0.238. The highest BCUT2D eigenvalue weighted by molar-refractivity contribution is 7.88. The molecule has 1 fully saturated rings. The van der Waals surface area contributed by atoms with Gasteiger partial charge in [-0.05, 0) is 67.1 Å². The molecular formula is C26H26FN5O3S. The van der Waals surface area contributed by atoms with Crippen LogP contribution in [0.2, 0.25) is 0 Å². The zero-order valence-electron chi connectivity index (χ0n) is 19.9. The number of H-pyrrole nitrogens is 1. The van der Waals surface area contributed by atoms with Gasteiger partial charge in [0, 0.05) is 48.1 Å². The van der Waals surface area contributed by atoms with E-state index in [1.165, 1.54) is 15.9 Å². The molecule has 1 amide bonds. The van der Waals surface area contributed by atoms with E-state index in [9.17, 15) is 13.2 Å². The quantitative estimate of drug-likeness (QED) is 0.458. The van der Waals surface area contributed by atoms with Gasteiger partial charge in [0.1, 0.15) is 5.82 Å². The number of halogens is 1. The molecule has 0 spiro atoms. The molecule has 3 heterocycles. The van der Waals surface area contributed by atoms with Crippen molar-refractivity contribution < 1.29 is 17.6 Å². The number of sulfonamides is 1. The molecule has 1 saturated heterocycles. The number of carbonyl (C=O) groups is 1. The molecule has 1 aliphatic heterocycles. The normalized spacial score (nSPS) is 17.0. The number of piperazine rings is 1. The van der Waals surface area contributed by atoms with Crippen LogP contribution in [0.3, 0.4) is 0 Å². The molecule has 1 aliphatic carbocycles. The molecule has 4 aromatic rings. The van der Waals surface area contributed by atoms with Gasteiger partial charge in [0.25, 0.3) is 5.91 Å². The minimum Gasteiger partial charge on any atom is -0.336 e. The van der Waals surface area contributed by atoms with Gasteiger partial charge in [-0.1, -0.05) is 0 Å². The van der Waals surface area contributed by atoms with Gasteiger partial charge >= 0.3 is 0 Å². The second-order valence-electron chi connectivity index (χ2n) is 9.56. The molecule has 0 saturated carbocycles. The maximum absolute atomic E-state index is 15.5. The number of aromatic amines is 1. The molecule has 6 rings (SSSR count). The van der Waals surface area contributed by atoms with E-state index in [-0.39, 0.29) is 37.6 Å². The summed E-state index contributed by atoms with van der Waals surface area (Å²) in [7, 11) is -3.29. The Labute approximate surface area is 208 Å². The van der Waals surface area contributed by atoms with E-state index in [2.05, 4.69) is 10.2 Å². The van der Waals surface area contributed by atoms with Crippen LogP contribution < -0.4 is 0 Å². The van der Waals surface area contributed by atoms with Crippen LogP contribution in [-0.2, 0) is 22.9 Å². The predicted molar refractivity (Wildman–Crippen MR) is 136 cm³/mol. The number of aromatic nitrogens is 3. The molecule has 0 unspecified atom stereocenters. The molecule has 2 aliphatic rings. The lowest BCUT2D eigenvalue weighted by atomic mass is 9.85. The molecule has 2 aromatic carbocycles. The first kappa shape index (κ1) is 23.1. The van der Waals surface area contributed by atoms with Crippen LogP contribution in [0.4, 0.5) is 4.39 Å². The van der Waals surface area contributed by atoms with Crippen LogP contribution in [0.25, 0.3) is 33.1 Å². The summed E-state index contributed by atoms with van der Waals surface area (Å²) in [5.74, 6) is -0.788. The van der Waals surface area contributed by atoms with Crippen molar-refractivity contribution in [1.29, 1.82) is 0 Å². The van der Waals surface area contributed by atoms with Crippen molar-refractivity contribution >= 4 is 37.7 Å². The van der Waals surface area contributed by atoms with Crippen molar-refractivity contribution in [2.45, 2.75) is 25.7 Å². The van der Waals surface area contributed by atoms with Crippen molar-refractivity contribution in [2.75, 3.05) is 32.4 Å². The number of nitrogens with one attached hydrogen (secondary N) is 1. The number of rotatable bonds is 3. The van der Waals surface area contributed by atoms with Crippen LogP contribution in [0.1, 0.15) is 34.3 Å². The third kappa shape index (κ3) is 3.84. The fourth-order valence-electron chi connectivity index (χ4n) is 5.52. The summed E-state index contributed by atoms with van der Waals surface area (Å²) in [6.45, 7) is 1.03. The second-order valence-corrected chi connectivity index (χ2v) is 11.5. The van der Waals surface area contributed by atoms with Gasteiger partial charge in [0.15, 0.2) is 0 Å². The van der Waals surface area contributed by atoms with E-state index in [0.717, 1.165) is 59.3 Å². The van der Waals surface area contributed by atoms with Crippen molar-refractivity contribution in [3.63, 3.8) is 0 Å². The lowest BCUT2D eigenvalue weighted by molar-refractivity contribution is 0.0698. The van der Waals surface area contributed by atoms with E-state index in [1.54, 1.807) is 17.0 Å². The summed E-state index contributed by atoms with van der Waals surface area (Å²) in [5.41, 5.74) is 5.31. The standard InChI is InChI=1S/C26H26FN5O3S/c1-36(34,35)32-12-10-31(11-13-32)26(33)16-6-7-19(21(27)14-16)25-18-5-3-2-4-17(18)24-20-15-28-30-22(20)8-9-23(24)29-25/h6-9,14-15H,2-5,10-13H2,1H3,(H,28,30). The number of pyridine rings is 1. The third-order valence-corrected chi connectivity index (χ3v) is 8.66. The first-order chi connectivity index (χ1) is 17.3. The smallest absolute Gasteiger partial charge is 0.254 e. The summed E-state index contributed by atoms with van der Waals surface area (Å²) in [4.78, 5) is 19.5. The Balaban J connectivity index is 1.36. The molecule has 0 atom stereocenters. The molecule has 36 heavy (non-hydrogen) atoms. The van der Waals surface area contributed by atoms with Gasteiger partial charge in [0.2, 0.25) is 10.0 Å². The average molecular weight is 508 g/mol. The molecule has 186 valence electrons. The fraction of sp³-hybridized carbons (Fsp3) is 0.346. The van der Waals surface area contributed by atoms with Gasteiger partial charge in [-0.25, -0.2) is 17.8 Å². The van der Waals surface area contributed by atoms with Crippen molar-refractivity contribution in [1.82, 2.24) is 24.4 Å². The number of hydrogen-bond acceptors (Lipinski definition) is 5. The Morgan fingerprint density at radius 3 is 2.50 bits per heavy atom. The SMILES string of the molecule is CS(=O)(=O)N1CCN(C(=O)c2ccc(-c3nc4ccc5[nH]ncc5c4c4c3CCCC4)c(F)c2)CC1. The lowest BCUT2D eigenvalue weighted by Crippen LogP contribution is -2.50. The predicted octanol–water partition coefficient (Wildman–Crippen LogP) is 3.51. The molecule has 10 heteroatoms. The van der Waals surface area contributed by atoms with Crippen molar-refractivity contribution in [2.24, 2.45) is 0 Å². The van der Waals surface area contributed by atoms with E-state index < -0.39 is 15.8 Å². The monoisotopic (exact) mass is 507 g/mol. The Morgan fingerprint density at radius 2 is 1.78 bits per heavy atom. The Kier molecular flexibility index (Phi) is 5.53. The molecule has 0 radical (unpaired) electrons. The third-order valence-electron chi connectivity index (χ3n) is 7.36. The minimum atomic E-state index is -3.29. The summed E-state index contributed by atoms with van der Waals surface area (Å²) in [6.07, 6.45) is 6.81. The number of benzene rings is 2. The number of amides is 1. The topological polar surface area (TPSA) is 99.3 Å². The largest absolute Gasteiger partial charge is 0.336 e. The van der Waals surface area contributed by atoms with Gasteiger partial charge in [-0.2, -0.15) is 9.40 Å². The summed E-state index contributed by atoms with van der Waals surface area (Å²) in [6, 6.07) is 8.46. The van der Waals surface area contributed by atoms with Crippen LogP contribution in [-0.4, -0.2) is 71.1 Å². The maximum atomic E-state index is 15.5. The summed E-state index contributed by atoms with van der Waals surface area (Å²) >= 11 is 0. The zero-order valence-corrected chi connectivity index (χ0v) is 20.7. The first-order valence-corrected chi connectivity index (χ1v) is 14.0. The maximum Gasteiger partial charge on any atom is 0.254 e. The van der Waals surface area contributed by atoms with Gasteiger partial charge < -0.3 is 4.90 Å². The second kappa shape index (κ2) is 8.63. The van der Waals surface area contributed by atoms with E-state index in [1.807, 2.05) is 18.3 Å². The van der Waals surface area contributed by atoms with Crippen LogP contribution in [0.15, 0.2) is 36.5 Å². The first-order valence-electron chi connectivity index (χ1n) is 12.1. The number of aryl methyl sites for hydroxylation is 1. The molecule has 2 aromatic heterocycles. The van der Waals surface area contributed by atoms with Gasteiger partial charge in [-0.15, -0.1) is 0 Å². The molecule has 1 N–H and O–H groups in total. The number of nitrogens with zero attached hydrogens (tertiary/aromatic N) is 4. The van der Waals surface area contributed by atoms with E-state index >= 15 is 4.39 Å². The molecule has 0 bridgehead atoms. The average Bonchev–Trinajstić information content (AvgIpc) is 3.36.